The van der Waals surface area contributed by atoms with E-state index in [1.54, 1.807) is 12.1 Å². The van der Waals surface area contributed by atoms with Crippen molar-refractivity contribution < 1.29 is 9.18 Å². The molecule has 1 N–H and O–H groups in total. The topological polar surface area (TPSA) is 29.1 Å². The highest BCUT2D eigenvalue weighted by atomic mass is 79.9. The van der Waals surface area contributed by atoms with Crippen LogP contribution in [0.5, 0.6) is 0 Å². The monoisotopic (exact) mass is 397 g/mol. The number of hydrogen-bond donors (Lipinski definition) is 1. The van der Waals surface area contributed by atoms with Gasteiger partial charge in [0.1, 0.15) is 5.82 Å². The van der Waals surface area contributed by atoms with Gasteiger partial charge in [-0.3, -0.25) is 4.79 Å². The van der Waals surface area contributed by atoms with E-state index in [0.29, 0.717) is 4.47 Å². The molecule has 0 aromatic heterocycles. The molecule has 0 unspecified atom stereocenters. The molecular formula is C15H10Br2FNO. The molecule has 0 fully saturated rings. The summed E-state index contributed by atoms with van der Waals surface area (Å²) in [6.07, 6.45) is 3.03. The lowest BCUT2D eigenvalue weighted by Gasteiger charge is -2.04. The van der Waals surface area contributed by atoms with Crippen molar-refractivity contribution in [1.82, 2.24) is 0 Å². The Labute approximate surface area is 133 Å². The van der Waals surface area contributed by atoms with Crippen molar-refractivity contribution in [2.24, 2.45) is 0 Å². The largest absolute Gasteiger partial charge is 0.320 e. The molecule has 0 aliphatic heterocycles. The number of amides is 1. The molecule has 0 spiro atoms. The number of benzene rings is 2. The number of anilines is 1. The van der Waals surface area contributed by atoms with E-state index in [1.165, 1.54) is 18.2 Å². The SMILES string of the molecule is O=C(C=Cc1ccc(Br)cc1)Nc1ccc(Br)cc1F. The van der Waals surface area contributed by atoms with Gasteiger partial charge in [-0.1, -0.05) is 44.0 Å². The highest BCUT2D eigenvalue weighted by molar-refractivity contribution is 9.10. The predicted octanol–water partition coefficient (Wildman–Crippen LogP) is 5.00. The van der Waals surface area contributed by atoms with Crippen molar-refractivity contribution in [2.45, 2.75) is 0 Å². The molecular weight excluding hydrogens is 389 g/mol. The molecule has 1 amide bonds. The van der Waals surface area contributed by atoms with Gasteiger partial charge in [0.25, 0.3) is 0 Å². The smallest absolute Gasteiger partial charge is 0.248 e. The van der Waals surface area contributed by atoms with E-state index in [9.17, 15) is 9.18 Å². The van der Waals surface area contributed by atoms with Gasteiger partial charge in [-0.05, 0) is 42.0 Å². The third-order valence-corrected chi connectivity index (χ3v) is 3.51. The third-order valence-electron chi connectivity index (χ3n) is 2.49. The van der Waals surface area contributed by atoms with Crippen LogP contribution in [0.3, 0.4) is 0 Å². The summed E-state index contributed by atoms with van der Waals surface area (Å²) in [5.74, 6) is -0.862. The molecule has 20 heavy (non-hydrogen) atoms. The highest BCUT2D eigenvalue weighted by Crippen LogP contribution is 2.19. The summed E-state index contributed by atoms with van der Waals surface area (Å²) in [6.45, 7) is 0. The van der Waals surface area contributed by atoms with Crippen molar-refractivity contribution in [1.29, 1.82) is 0 Å². The van der Waals surface area contributed by atoms with Crippen LogP contribution in [0.2, 0.25) is 0 Å². The molecule has 0 saturated carbocycles. The highest BCUT2D eigenvalue weighted by Gasteiger charge is 2.04. The fourth-order valence-electron chi connectivity index (χ4n) is 1.51. The van der Waals surface area contributed by atoms with Gasteiger partial charge in [0.15, 0.2) is 0 Å². The van der Waals surface area contributed by atoms with Crippen LogP contribution < -0.4 is 5.32 Å². The first-order valence-electron chi connectivity index (χ1n) is 5.74. The molecule has 0 aliphatic rings. The Morgan fingerprint density at radius 3 is 2.35 bits per heavy atom. The number of carbonyl (C=O) groups excluding carboxylic acids is 1. The number of carbonyl (C=O) groups is 1. The van der Waals surface area contributed by atoms with Gasteiger partial charge in [-0.2, -0.15) is 0 Å². The third kappa shape index (κ3) is 4.28. The Morgan fingerprint density at radius 2 is 1.70 bits per heavy atom. The summed E-state index contributed by atoms with van der Waals surface area (Å²) in [5, 5.41) is 2.49. The molecule has 2 aromatic carbocycles. The van der Waals surface area contributed by atoms with Gasteiger partial charge in [-0.25, -0.2) is 4.39 Å². The summed E-state index contributed by atoms with van der Waals surface area (Å²) in [7, 11) is 0. The molecule has 0 radical (unpaired) electrons. The fourth-order valence-corrected chi connectivity index (χ4v) is 2.11. The first-order valence-corrected chi connectivity index (χ1v) is 7.33. The minimum Gasteiger partial charge on any atom is -0.320 e. The molecule has 2 aromatic rings. The van der Waals surface area contributed by atoms with E-state index in [1.807, 2.05) is 24.3 Å². The molecule has 5 heteroatoms. The Balaban J connectivity index is 2.03. The summed E-state index contributed by atoms with van der Waals surface area (Å²) >= 11 is 6.49. The van der Waals surface area contributed by atoms with Crippen molar-refractivity contribution in [3.05, 3.63) is 68.9 Å². The van der Waals surface area contributed by atoms with Crippen LogP contribution in [0, 0.1) is 5.82 Å². The minimum atomic E-state index is -0.482. The van der Waals surface area contributed by atoms with E-state index < -0.39 is 5.82 Å². The molecule has 2 nitrogen and oxygen atoms in total. The maximum Gasteiger partial charge on any atom is 0.248 e. The number of hydrogen-bond acceptors (Lipinski definition) is 1. The van der Waals surface area contributed by atoms with E-state index in [0.717, 1.165) is 10.0 Å². The van der Waals surface area contributed by atoms with Gasteiger partial charge < -0.3 is 5.32 Å². The Bertz CT molecular complexity index is 653. The zero-order valence-corrected chi connectivity index (χ0v) is 13.4. The zero-order chi connectivity index (χ0) is 14.5. The number of halogens is 3. The lowest BCUT2D eigenvalue weighted by molar-refractivity contribution is -0.111. The average Bonchev–Trinajstić information content (AvgIpc) is 2.41. The lowest BCUT2D eigenvalue weighted by atomic mass is 10.2. The van der Waals surface area contributed by atoms with Crippen molar-refractivity contribution in [3.63, 3.8) is 0 Å². The lowest BCUT2D eigenvalue weighted by Crippen LogP contribution is -2.09. The van der Waals surface area contributed by atoms with E-state index in [-0.39, 0.29) is 11.6 Å². The maximum atomic E-state index is 13.5. The molecule has 102 valence electrons. The van der Waals surface area contributed by atoms with E-state index >= 15 is 0 Å². The van der Waals surface area contributed by atoms with E-state index in [2.05, 4.69) is 37.2 Å². The van der Waals surface area contributed by atoms with Crippen LogP contribution >= 0.6 is 31.9 Å². The molecule has 0 saturated heterocycles. The fraction of sp³-hybridized carbons (Fsp3) is 0. The van der Waals surface area contributed by atoms with Crippen LogP contribution in [0.15, 0.2) is 57.5 Å². The van der Waals surface area contributed by atoms with Gasteiger partial charge in [0.05, 0.1) is 5.69 Å². The average molecular weight is 399 g/mol. The van der Waals surface area contributed by atoms with Crippen molar-refractivity contribution >= 4 is 49.5 Å². The number of nitrogens with one attached hydrogen (secondary N) is 1. The van der Waals surface area contributed by atoms with Gasteiger partial charge in [0.2, 0.25) is 5.91 Å². The molecule has 0 heterocycles. The molecule has 0 aliphatic carbocycles. The zero-order valence-electron chi connectivity index (χ0n) is 10.2. The van der Waals surface area contributed by atoms with Crippen LogP contribution in [-0.2, 0) is 4.79 Å². The first-order chi connectivity index (χ1) is 9.54. The second-order valence-electron chi connectivity index (χ2n) is 4.00. The minimum absolute atomic E-state index is 0.152. The van der Waals surface area contributed by atoms with Crippen LogP contribution in [0.25, 0.3) is 6.08 Å². The molecule has 2 rings (SSSR count). The van der Waals surface area contributed by atoms with Gasteiger partial charge >= 0.3 is 0 Å². The van der Waals surface area contributed by atoms with E-state index in [4.69, 9.17) is 0 Å². The second kappa shape index (κ2) is 6.81. The standard InChI is InChI=1S/C15H10Br2FNO/c16-11-4-1-10(2-5-11)3-8-15(20)19-14-7-6-12(17)9-13(14)18/h1-9H,(H,19,20). The number of rotatable bonds is 3. The quantitative estimate of drug-likeness (QED) is 0.724. The first kappa shape index (κ1) is 14.9. The second-order valence-corrected chi connectivity index (χ2v) is 5.83. The Kier molecular flexibility index (Phi) is 5.09. The normalized spacial score (nSPS) is 10.8. The van der Waals surface area contributed by atoms with Gasteiger partial charge in [-0.15, -0.1) is 0 Å². The van der Waals surface area contributed by atoms with Crippen LogP contribution in [0.4, 0.5) is 10.1 Å². The summed E-state index contributed by atoms with van der Waals surface area (Å²) < 4.78 is 15.1. The summed E-state index contributed by atoms with van der Waals surface area (Å²) in [6, 6.07) is 12.0. The van der Waals surface area contributed by atoms with Crippen LogP contribution in [-0.4, -0.2) is 5.91 Å². The molecule has 0 atom stereocenters. The van der Waals surface area contributed by atoms with Crippen molar-refractivity contribution in [2.75, 3.05) is 5.32 Å². The van der Waals surface area contributed by atoms with Crippen LogP contribution in [0.1, 0.15) is 5.56 Å². The Morgan fingerprint density at radius 1 is 1.05 bits per heavy atom. The Hall–Kier alpha value is -1.46. The maximum absolute atomic E-state index is 13.5. The van der Waals surface area contributed by atoms with Gasteiger partial charge in [0, 0.05) is 15.0 Å². The predicted molar refractivity (Wildman–Crippen MR) is 85.9 cm³/mol. The summed E-state index contributed by atoms with van der Waals surface area (Å²) in [5.41, 5.74) is 1.04. The molecule has 0 bridgehead atoms. The van der Waals surface area contributed by atoms with Crippen molar-refractivity contribution in [3.8, 4) is 0 Å². The summed E-state index contributed by atoms with van der Waals surface area (Å²) in [4.78, 5) is 11.7.